The van der Waals surface area contributed by atoms with E-state index < -0.39 is 51.3 Å². The normalized spacial score (nSPS) is 14.3. The Bertz CT molecular complexity index is 1090. The van der Waals surface area contributed by atoms with Crippen LogP contribution in [0.3, 0.4) is 0 Å². The molecule has 0 fully saturated rings. The molecular formula is C43H75O10P. The van der Waals surface area contributed by atoms with Crippen LogP contribution in [0, 0.1) is 0 Å². The molecule has 0 aromatic carbocycles. The molecule has 11 heteroatoms. The van der Waals surface area contributed by atoms with Gasteiger partial charge in [0.1, 0.15) is 6.61 Å². The van der Waals surface area contributed by atoms with Crippen molar-refractivity contribution in [2.45, 2.75) is 186 Å². The Morgan fingerprint density at radius 3 is 1.56 bits per heavy atom. The first kappa shape index (κ1) is 51.7. The van der Waals surface area contributed by atoms with Crippen molar-refractivity contribution in [3.05, 3.63) is 60.8 Å². The molecular weight excluding hydrogens is 707 g/mol. The SMILES string of the molecule is CCCCC/C=C\C/C=C\C/C=C\CC(O)C(O)CCCC(=O)OC[C@H](COP(=O)(O)O)OC(=O)CCCCCCCCC/C=C\C/C=C\CCCCC. The molecule has 0 aliphatic heterocycles. The summed E-state index contributed by atoms with van der Waals surface area (Å²) in [5.74, 6) is -1.18. The molecule has 0 aliphatic carbocycles. The van der Waals surface area contributed by atoms with Gasteiger partial charge in [-0.2, -0.15) is 0 Å². The summed E-state index contributed by atoms with van der Waals surface area (Å²) in [6.45, 7) is 3.37. The number of hydrogen-bond acceptors (Lipinski definition) is 8. The molecule has 54 heavy (non-hydrogen) atoms. The van der Waals surface area contributed by atoms with Gasteiger partial charge in [0.15, 0.2) is 6.10 Å². The molecule has 0 saturated carbocycles. The number of allylic oxidation sites excluding steroid dienone is 9. The Morgan fingerprint density at radius 1 is 0.556 bits per heavy atom. The number of phosphoric ester groups is 1. The molecule has 4 N–H and O–H groups in total. The van der Waals surface area contributed by atoms with E-state index in [1.54, 1.807) is 0 Å². The summed E-state index contributed by atoms with van der Waals surface area (Å²) < 4.78 is 26.2. The van der Waals surface area contributed by atoms with Crippen molar-refractivity contribution >= 4 is 19.8 Å². The second kappa shape index (κ2) is 37.6. The van der Waals surface area contributed by atoms with Crippen molar-refractivity contribution in [2.75, 3.05) is 13.2 Å². The molecule has 0 bridgehead atoms. The third-order valence-corrected chi connectivity index (χ3v) is 9.20. The molecule has 3 atom stereocenters. The van der Waals surface area contributed by atoms with E-state index in [0.717, 1.165) is 57.8 Å². The van der Waals surface area contributed by atoms with E-state index in [-0.39, 0.29) is 25.7 Å². The van der Waals surface area contributed by atoms with E-state index in [2.05, 4.69) is 67.0 Å². The van der Waals surface area contributed by atoms with Gasteiger partial charge < -0.3 is 29.5 Å². The van der Waals surface area contributed by atoms with Crippen molar-refractivity contribution < 1.29 is 48.2 Å². The molecule has 0 spiro atoms. The van der Waals surface area contributed by atoms with Crippen molar-refractivity contribution in [1.29, 1.82) is 0 Å². The number of aliphatic hydroxyl groups is 2. The summed E-state index contributed by atoms with van der Waals surface area (Å²) in [5.41, 5.74) is 0. The fourth-order valence-electron chi connectivity index (χ4n) is 5.45. The highest BCUT2D eigenvalue weighted by Gasteiger charge is 2.23. The van der Waals surface area contributed by atoms with Crippen LogP contribution >= 0.6 is 7.82 Å². The van der Waals surface area contributed by atoms with Gasteiger partial charge in [0.2, 0.25) is 0 Å². The van der Waals surface area contributed by atoms with E-state index in [4.69, 9.17) is 19.3 Å². The molecule has 0 amide bonds. The van der Waals surface area contributed by atoms with Crippen LogP contribution in [0.4, 0.5) is 0 Å². The lowest BCUT2D eigenvalue weighted by molar-refractivity contribution is -0.161. The van der Waals surface area contributed by atoms with Gasteiger partial charge in [-0.1, -0.05) is 132 Å². The highest BCUT2D eigenvalue weighted by atomic mass is 31.2. The number of carbonyl (C=O) groups is 2. The first-order chi connectivity index (χ1) is 26.1. The molecule has 0 aromatic rings. The molecule has 0 saturated heterocycles. The van der Waals surface area contributed by atoms with Crippen LogP contribution in [0.15, 0.2) is 60.8 Å². The third kappa shape index (κ3) is 38.0. The van der Waals surface area contributed by atoms with Gasteiger partial charge in [-0.05, 0) is 83.5 Å². The van der Waals surface area contributed by atoms with E-state index in [1.807, 2.05) is 12.2 Å². The third-order valence-electron chi connectivity index (χ3n) is 8.71. The number of rotatable bonds is 37. The average Bonchev–Trinajstić information content (AvgIpc) is 3.13. The summed E-state index contributed by atoms with van der Waals surface area (Å²) in [7, 11) is -4.83. The van der Waals surface area contributed by atoms with E-state index in [0.29, 0.717) is 12.8 Å². The van der Waals surface area contributed by atoms with Gasteiger partial charge >= 0.3 is 19.8 Å². The van der Waals surface area contributed by atoms with Crippen LogP contribution in [0.25, 0.3) is 0 Å². The van der Waals surface area contributed by atoms with Crippen LogP contribution in [-0.2, 0) is 28.2 Å². The lowest BCUT2D eigenvalue weighted by atomic mass is 10.0. The molecule has 0 rings (SSSR count). The highest BCUT2D eigenvalue weighted by Crippen LogP contribution is 2.36. The standard InChI is InChI=1S/C43H75O10P/c1-3-5-7-9-11-13-15-17-18-19-20-21-23-25-27-29-31-35-43(47)53-39(38-52-54(48,49)50)37-51-42(46)36-32-34-41(45)40(44)33-30-28-26-24-22-16-14-12-10-8-6-4-2/h11-14,17-18,22,24,28,30,39-41,44-45H,3-10,15-16,19-21,23,25-27,29,31-38H2,1-2H3,(H2,48,49,50)/b13-11-,14-12-,18-17-,24-22-,30-28-/t39-,40?,41?/m1/s1. The lowest BCUT2D eigenvalue weighted by Crippen LogP contribution is -2.29. The molecule has 2 unspecified atom stereocenters. The Balaban J connectivity index is 4.19. The van der Waals surface area contributed by atoms with Gasteiger partial charge in [-0.3, -0.25) is 14.1 Å². The second-order valence-corrected chi connectivity index (χ2v) is 15.2. The molecule has 10 nitrogen and oxygen atoms in total. The monoisotopic (exact) mass is 783 g/mol. The summed E-state index contributed by atoms with van der Waals surface area (Å²) in [5, 5.41) is 20.5. The second-order valence-electron chi connectivity index (χ2n) is 13.9. The van der Waals surface area contributed by atoms with Crippen LogP contribution in [0.2, 0.25) is 0 Å². The van der Waals surface area contributed by atoms with E-state index in [9.17, 15) is 24.4 Å². The van der Waals surface area contributed by atoms with Crippen molar-refractivity contribution in [3.8, 4) is 0 Å². The maximum Gasteiger partial charge on any atom is 0.469 e. The van der Waals surface area contributed by atoms with Crippen LogP contribution in [0.5, 0.6) is 0 Å². The van der Waals surface area contributed by atoms with Gasteiger partial charge in [-0.25, -0.2) is 4.57 Å². The minimum absolute atomic E-state index is 0.0506. The van der Waals surface area contributed by atoms with E-state index in [1.165, 1.54) is 57.8 Å². The molecule has 0 aliphatic rings. The number of hydrogen-bond donors (Lipinski definition) is 4. The Kier molecular flexibility index (Phi) is 36.0. The number of aliphatic hydroxyl groups excluding tert-OH is 2. The van der Waals surface area contributed by atoms with Gasteiger partial charge in [-0.15, -0.1) is 0 Å². The summed E-state index contributed by atoms with van der Waals surface area (Å²) in [6, 6.07) is 0. The minimum Gasteiger partial charge on any atom is -0.462 e. The van der Waals surface area contributed by atoms with Crippen LogP contribution in [0.1, 0.15) is 168 Å². The first-order valence-corrected chi connectivity index (χ1v) is 22.3. The molecule has 0 heterocycles. The van der Waals surface area contributed by atoms with Crippen LogP contribution < -0.4 is 0 Å². The van der Waals surface area contributed by atoms with Crippen molar-refractivity contribution in [1.82, 2.24) is 0 Å². The number of unbranched alkanes of at least 4 members (excludes halogenated alkanes) is 13. The van der Waals surface area contributed by atoms with Gasteiger partial charge in [0.25, 0.3) is 0 Å². The summed E-state index contributed by atoms with van der Waals surface area (Å²) >= 11 is 0. The summed E-state index contributed by atoms with van der Waals surface area (Å²) in [6.07, 6.45) is 39.7. The number of ether oxygens (including phenoxy) is 2. The zero-order valence-electron chi connectivity index (χ0n) is 33.6. The maximum atomic E-state index is 12.4. The lowest BCUT2D eigenvalue weighted by Gasteiger charge is -2.19. The number of esters is 2. The van der Waals surface area contributed by atoms with Crippen molar-refractivity contribution in [2.24, 2.45) is 0 Å². The number of phosphoric acid groups is 1. The summed E-state index contributed by atoms with van der Waals surface area (Å²) in [4.78, 5) is 42.9. The Hall–Kier alpha value is -2.33. The predicted octanol–water partition coefficient (Wildman–Crippen LogP) is 10.5. The Labute approximate surface area is 327 Å². The first-order valence-electron chi connectivity index (χ1n) is 20.7. The smallest absolute Gasteiger partial charge is 0.462 e. The average molecular weight is 783 g/mol. The zero-order chi connectivity index (χ0) is 40.0. The minimum atomic E-state index is -4.83. The predicted molar refractivity (Wildman–Crippen MR) is 219 cm³/mol. The topological polar surface area (TPSA) is 160 Å². The zero-order valence-corrected chi connectivity index (χ0v) is 34.5. The van der Waals surface area contributed by atoms with Gasteiger partial charge in [0.05, 0.1) is 18.8 Å². The maximum absolute atomic E-state index is 12.4. The largest absolute Gasteiger partial charge is 0.469 e. The quantitative estimate of drug-likeness (QED) is 0.0207. The Morgan fingerprint density at radius 2 is 1.02 bits per heavy atom. The fourth-order valence-corrected chi connectivity index (χ4v) is 5.81. The molecule has 0 radical (unpaired) electrons. The molecule has 0 aromatic heterocycles. The van der Waals surface area contributed by atoms with Gasteiger partial charge in [0, 0.05) is 12.8 Å². The molecule has 312 valence electrons. The van der Waals surface area contributed by atoms with E-state index >= 15 is 0 Å². The fraction of sp³-hybridized carbons (Fsp3) is 0.721. The van der Waals surface area contributed by atoms with Crippen LogP contribution in [-0.4, -0.2) is 63.5 Å². The number of carbonyl (C=O) groups excluding carboxylic acids is 2. The highest BCUT2D eigenvalue weighted by molar-refractivity contribution is 7.46. The van der Waals surface area contributed by atoms with Crippen molar-refractivity contribution in [3.63, 3.8) is 0 Å².